The third-order valence-corrected chi connectivity index (χ3v) is 10.7. The smallest absolute Gasteiger partial charge is 0.375 e. The van der Waals surface area contributed by atoms with E-state index in [4.69, 9.17) is 18.9 Å². The van der Waals surface area contributed by atoms with Crippen LogP contribution in [0.25, 0.3) is 11.6 Å². The number of hydrogen-bond acceptors (Lipinski definition) is 12. The predicted octanol–water partition coefficient (Wildman–Crippen LogP) is 1.52. The monoisotopic (exact) mass is 701 g/mol. The number of aliphatic hydroxyl groups is 4. The third-order valence-electron chi connectivity index (χ3n) is 10.7. The number of rotatable bonds is 7. The summed E-state index contributed by atoms with van der Waals surface area (Å²) in [6.07, 6.45) is 3.24. The van der Waals surface area contributed by atoms with Crippen molar-refractivity contribution in [3.05, 3.63) is 67.4 Å². The molecular weight excluding hydrogens is 658 g/mol. The van der Waals surface area contributed by atoms with Crippen LogP contribution in [0.1, 0.15) is 73.8 Å². The number of benzene rings is 2. The molecule has 2 aromatic rings. The molecule has 0 saturated heterocycles. The Morgan fingerprint density at radius 2 is 1.90 bits per heavy atom. The molecule has 0 radical (unpaired) electrons. The molecule has 0 aromatic heterocycles. The minimum absolute atomic E-state index is 0.00546. The molecule has 1 fully saturated rings. The lowest BCUT2D eigenvalue weighted by molar-refractivity contribution is -0.141. The number of carbonyl (C=O) groups excluding carboxylic acids is 3. The van der Waals surface area contributed by atoms with Crippen molar-refractivity contribution >= 4 is 29.7 Å². The van der Waals surface area contributed by atoms with Crippen molar-refractivity contribution < 1.29 is 53.8 Å². The Kier molecular flexibility index (Phi) is 9.38. The molecule has 1 saturated carbocycles. The van der Waals surface area contributed by atoms with Crippen LogP contribution in [0.3, 0.4) is 0 Å². The average Bonchev–Trinajstić information content (AvgIpc) is 3.77. The number of fused-ring (bicyclic) bond motifs is 7. The topological polar surface area (TPSA) is 181 Å². The van der Waals surface area contributed by atoms with Crippen molar-refractivity contribution in [3.8, 4) is 17.2 Å². The molecule has 5 aliphatic rings. The zero-order valence-corrected chi connectivity index (χ0v) is 29.0. The van der Waals surface area contributed by atoms with Crippen LogP contribution in [0.5, 0.6) is 17.2 Å². The fraction of sp³-hybridized carbons (Fsp3) is 0.487. The van der Waals surface area contributed by atoms with Crippen molar-refractivity contribution in [2.75, 3.05) is 33.0 Å². The number of aryl methyl sites for hydroxylation is 1. The fourth-order valence-electron chi connectivity index (χ4n) is 8.03. The van der Waals surface area contributed by atoms with E-state index in [0.29, 0.717) is 47.9 Å². The molecule has 4 atom stereocenters. The number of allylic oxidation sites excluding steroid dienone is 3. The van der Waals surface area contributed by atoms with Crippen LogP contribution in [-0.2, 0) is 38.6 Å². The Balaban J connectivity index is 1.57. The second-order valence-corrected chi connectivity index (χ2v) is 14.4. The lowest BCUT2D eigenvalue weighted by Crippen LogP contribution is -2.39. The summed E-state index contributed by atoms with van der Waals surface area (Å²) >= 11 is 0. The number of ketones is 1. The number of nitrogens with zero attached hydrogens (tertiary/aromatic N) is 1. The van der Waals surface area contributed by atoms with Gasteiger partial charge in [-0.1, -0.05) is 11.6 Å². The normalized spacial score (nSPS) is 25.2. The van der Waals surface area contributed by atoms with E-state index in [1.807, 2.05) is 18.2 Å². The highest BCUT2D eigenvalue weighted by Gasteiger charge is 2.46. The zero-order chi connectivity index (χ0) is 36.2. The van der Waals surface area contributed by atoms with Gasteiger partial charge in [0, 0.05) is 41.9 Å². The van der Waals surface area contributed by atoms with E-state index in [2.05, 4.69) is 4.99 Å². The quantitative estimate of drug-likeness (QED) is 0.243. The highest BCUT2D eigenvalue weighted by molar-refractivity contribution is 6.11. The summed E-state index contributed by atoms with van der Waals surface area (Å²) in [7, 11) is 0. The molecule has 2 aromatic carbocycles. The molecule has 51 heavy (non-hydrogen) atoms. The van der Waals surface area contributed by atoms with Crippen LogP contribution in [0.15, 0.2) is 34.0 Å². The van der Waals surface area contributed by atoms with Gasteiger partial charge in [-0.2, -0.15) is 0 Å². The van der Waals surface area contributed by atoms with Crippen LogP contribution >= 0.6 is 0 Å². The summed E-state index contributed by atoms with van der Waals surface area (Å²) in [6, 6.07) is 3.99. The predicted molar refractivity (Wildman–Crippen MR) is 183 cm³/mol. The maximum atomic E-state index is 14.2. The summed E-state index contributed by atoms with van der Waals surface area (Å²) in [4.78, 5) is 45.5. The molecule has 270 valence electrons. The molecule has 1 aliphatic carbocycles. The van der Waals surface area contributed by atoms with Crippen LogP contribution in [-0.4, -0.2) is 83.1 Å². The number of hydrogen-bond donors (Lipinski definition) is 4. The van der Waals surface area contributed by atoms with Gasteiger partial charge in [-0.3, -0.25) is 14.6 Å². The first-order chi connectivity index (χ1) is 24.5. The molecule has 7 rings (SSSR count). The van der Waals surface area contributed by atoms with E-state index in [0.717, 1.165) is 21.7 Å². The van der Waals surface area contributed by atoms with E-state index < -0.39 is 42.7 Å². The molecule has 12 nitrogen and oxygen atoms in total. The average molecular weight is 702 g/mol. The van der Waals surface area contributed by atoms with Gasteiger partial charge in [-0.05, 0) is 74.9 Å². The van der Waals surface area contributed by atoms with Gasteiger partial charge in [0.25, 0.3) is 0 Å². The zero-order valence-electron chi connectivity index (χ0n) is 29.0. The van der Waals surface area contributed by atoms with Gasteiger partial charge in [-0.15, -0.1) is 0 Å². The van der Waals surface area contributed by atoms with Crippen LogP contribution in [0.4, 0.5) is 0 Å². The van der Waals surface area contributed by atoms with E-state index in [1.165, 1.54) is 0 Å². The molecule has 0 amide bonds. The van der Waals surface area contributed by atoms with E-state index >= 15 is 0 Å². The van der Waals surface area contributed by atoms with Crippen molar-refractivity contribution in [1.29, 1.82) is 0 Å². The summed E-state index contributed by atoms with van der Waals surface area (Å²) in [5.74, 6) is -2.77. The summed E-state index contributed by atoms with van der Waals surface area (Å²) in [5.41, 5.74) is 2.22. The van der Waals surface area contributed by atoms with Crippen LogP contribution in [0, 0.1) is 11.8 Å². The van der Waals surface area contributed by atoms with Gasteiger partial charge in [0.05, 0.1) is 60.6 Å². The Hall–Kier alpha value is -4.36. The number of ether oxygens (including phenoxy) is 4. The van der Waals surface area contributed by atoms with Gasteiger partial charge < -0.3 is 39.4 Å². The van der Waals surface area contributed by atoms with E-state index in [1.54, 1.807) is 20.8 Å². The van der Waals surface area contributed by atoms with Crippen molar-refractivity contribution in [3.63, 3.8) is 0 Å². The van der Waals surface area contributed by atoms with Gasteiger partial charge in [0.15, 0.2) is 6.29 Å². The van der Waals surface area contributed by atoms with Gasteiger partial charge >= 0.3 is 5.97 Å². The summed E-state index contributed by atoms with van der Waals surface area (Å²) < 4.78 is 24.5. The Labute approximate surface area is 294 Å². The Morgan fingerprint density at radius 1 is 1.10 bits per heavy atom. The minimum Gasteiger partial charge on any atom is -0.492 e. The molecule has 12 heteroatoms. The Morgan fingerprint density at radius 3 is 2.59 bits per heavy atom. The molecular formula is C39H43NO11. The van der Waals surface area contributed by atoms with E-state index in [-0.39, 0.29) is 84.9 Å². The lowest BCUT2D eigenvalue weighted by Gasteiger charge is -2.34. The third kappa shape index (κ3) is 5.97. The second-order valence-electron chi connectivity index (χ2n) is 14.4. The SMILES string of the molecule is CCOC(=O)C1=C(C=O)/C2=C3\C[C@H](CO)C(=O)[C@H](C3)c3cc4c(cc3CC[C@@H](CO)COc3c5c(c(CO)c(c32)O1)O[C@H](C(C)(C)O)C5)=NCC=4. The molecule has 0 unspecified atom stereocenters. The van der Waals surface area contributed by atoms with Crippen molar-refractivity contribution in [2.24, 2.45) is 16.8 Å². The van der Waals surface area contributed by atoms with E-state index in [9.17, 15) is 34.8 Å². The summed E-state index contributed by atoms with van der Waals surface area (Å²) in [5, 5.41) is 44.8. The largest absolute Gasteiger partial charge is 0.492 e. The maximum Gasteiger partial charge on any atom is 0.375 e. The number of aliphatic hydroxyl groups excluding tert-OH is 3. The highest BCUT2D eigenvalue weighted by atomic mass is 16.6. The number of aldehydes is 1. The first kappa shape index (κ1) is 35.1. The highest BCUT2D eigenvalue weighted by Crippen LogP contribution is 2.57. The summed E-state index contributed by atoms with van der Waals surface area (Å²) in [6.45, 7) is 4.19. The Bertz CT molecular complexity index is 2000. The van der Waals surface area contributed by atoms with Crippen LogP contribution in [0.2, 0.25) is 0 Å². The van der Waals surface area contributed by atoms with Crippen molar-refractivity contribution in [1.82, 2.24) is 0 Å². The van der Waals surface area contributed by atoms with Gasteiger partial charge in [0.1, 0.15) is 29.1 Å². The fourth-order valence-corrected chi connectivity index (χ4v) is 8.03. The van der Waals surface area contributed by atoms with Gasteiger partial charge in [-0.25, -0.2) is 4.79 Å². The number of esters is 1. The molecule has 4 N–H and O–H groups in total. The first-order valence-corrected chi connectivity index (χ1v) is 17.6. The second kappa shape index (κ2) is 13.6. The minimum atomic E-state index is -1.30. The molecule has 4 heterocycles. The van der Waals surface area contributed by atoms with Crippen LogP contribution < -0.4 is 24.8 Å². The molecule has 4 aliphatic heterocycles. The number of carbonyl (C=O) groups is 3. The molecule has 2 bridgehead atoms. The van der Waals surface area contributed by atoms with Crippen molar-refractivity contribution in [2.45, 2.75) is 77.1 Å². The maximum absolute atomic E-state index is 14.2. The lowest BCUT2D eigenvalue weighted by atomic mass is 9.70. The first-order valence-electron chi connectivity index (χ1n) is 17.6. The molecule has 0 spiro atoms. The number of Topliss-reactive ketones (excluding diaryl/α,β-unsaturated/α-hetero) is 1. The standard InChI is InChI=1S/C39H43NO11/c1-4-48-38(46)37-27(16-43)31-22-9-23(15-42)33(45)25(11-22)24-10-21-7-8-40-29(21)12-20(24)6-5-19(14-41)18-49-35-26-13-30(39(2,3)47)50-34(26)28(17-44)36(51-37)32(31)35/h7,10,12,16,19,23,25,30,41-42,44,47H,4-6,8-9,11,13-15,17-18H2,1-3H3/b31-22-/t19-,23+,25+,30-/m0/s1. The van der Waals surface area contributed by atoms with Gasteiger partial charge in [0.2, 0.25) is 5.76 Å².